The number of aryl methyl sites for hydroxylation is 1. The van der Waals surface area contributed by atoms with Crippen molar-refractivity contribution in [1.29, 1.82) is 0 Å². The number of rotatable bonds is 7. The van der Waals surface area contributed by atoms with E-state index in [2.05, 4.69) is 20.8 Å². The maximum absolute atomic E-state index is 12.2. The van der Waals surface area contributed by atoms with Crippen molar-refractivity contribution >= 4 is 52.5 Å². The average molecular weight is 464 g/mol. The fourth-order valence-corrected chi connectivity index (χ4v) is 3.68. The van der Waals surface area contributed by atoms with Crippen LogP contribution in [0.15, 0.2) is 47.6 Å². The third-order valence-corrected chi connectivity index (χ3v) is 5.75. The van der Waals surface area contributed by atoms with Gasteiger partial charge in [0.2, 0.25) is 5.91 Å². The predicted octanol–water partition coefficient (Wildman–Crippen LogP) is 4.09. The zero-order valence-corrected chi connectivity index (χ0v) is 18.6. The zero-order chi connectivity index (χ0) is 21.7. The lowest BCUT2D eigenvalue weighted by atomic mass is 10.1. The van der Waals surface area contributed by atoms with Crippen molar-refractivity contribution in [1.82, 2.24) is 20.1 Å². The molecule has 3 aromatic rings. The van der Waals surface area contributed by atoms with Crippen molar-refractivity contribution in [2.24, 2.45) is 7.05 Å². The van der Waals surface area contributed by atoms with Gasteiger partial charge in [-0.25, -0.2) is 0 Å². The molecule has 2 amide bonds. The van der Waals surface area contributed by atoms with Crippen molar-refractivity contribution in [3.05, 3.63) is 69.5 Å². The van der Waals surface area contributed by atoms with Crippen molar-refractivity contribution in [3.8, 4) is 0 Å². The number of nitrogens with zero attached hydrogens (tertiary/aromatic N) is 3. The van der Waals surface area contributed by atoms with Crippen LogP contribution in [-0.4, -0.2) is 32.3 Å². The van der Waals surface area contributed by atoms with Gasteiger partial charge in [0, 0.05) is 17.6 Å². The lowest BCUT2D eigenvalue weighted by Crippen LogP contribution is -2.24. The Morgan fingerprint density at radius 1 is 1.10 bits per heavy atom. The molecule has 0 atom stereocenters. The van der Waals surface area contributed by atoms with Gasteiger partial charge in [0.15, 0.2) is 11.0 Å². The normalized spacial score (nSPS) is 10.7. The van der Waals surface area contributed by atoms with Gasteiger partial charge >= 0.3 is 0 Å². The second kappa shape index (κ2) is 9.97. The zero-order valence-electron chi connectivity index (χ0n) is 16.3. The SMILES string of the molecule is Cc1ccc(C(=O)NCc2nnc(SCC(=O)Nc3ccc(Cl)cc3Cl)n2C)cc1. The van der Waals surface area contributed by atoms with Gasteiger partial charge in [0.1, 0.15) is 0 Å². The van der Waals surface area contributed by atoms with Gasteiger partial charge in [0.25, 0.3) is 5.91 Å². The third-order valence-electron chi connectivity index (χ3n) is 4.18. The molecule has 0 spiro atoms. The quantitative estimate of drug-likeness (QED) is 0.515. The highest BCUT2D eigenvalue weighted by Gasteiger charge is 2.14. The molecule has 7 nitrogen and oxygen atoms in total. The van der Waals surface area contributed by atoms with E-state index in [0.717, 1.165) is 5.56 Å². The summed E-state index contributed by atoms with van der Waals surface area (Å²) in [5.41, 5.74) is 2.16. The number of thioether (sulfide) groups is 1. The first-order chi connectivity index (χ1) is 14.3. The Hall–Kier alpha value is -2.55. The molecule has 0 unspecified atom stereocenters. The Labute approximate surface area is 188 Å². The van der Waals surface area contributed by atoms with Crippen molar-refractivity contribution in [2.45, 2.75) is 18.6 Å². The molecule has 156 valence electrons. The van der Waals surface area contributed by atoms with E-state index in [1.165, 1.54) is 11.8 Å². The Morgan fingerprint density at radius 3 is 2.53 bits per heavy atom. The molecule has 0 aliphatic heterocycles. The summed E-state index contributed by atoms with van der Waals surface area (Å²) in [6, 6.07) is 12.2. The van der Waals surface area contributed by atoms with Gasteiger partial charge < -0.3 is 15.2 Å². The highest BCUT2D eigenvalue weighted by atomic mass is 35.5. The van der Waals surface area contributed by atoms with Gasteiger partial charge in [0.05, 0.1) is 23.0 Å². The second-order valence-electron chi connectivity index (χ2n) is 6.47. The van der Waals surface area contributed by atoms with Crippen LogP contribution in [0.2, 0.25) is 10.0 Å². The molecule has 10 heteroatoms. The number of carbonyl (C=O) groups is 2. The molecule has 0 radical (unpaired) electrons. The molecule has 1 heterocycles. The minimum absolute atomic E-state index is 0.126. The summed E-state index contributed by atoms with van der Waals surface area (Å²) in [4.78, 5) is 24.4. The van der Waals surface area contributed by atoms with Crippen LogP contribution in [-0.2, 0) is 18.4 Å². The van der Waals surface area contributed by atoms with E-state index < -0.39 is 0 Å². The minimum Gasteiger partial charge on any atom is -0.345 e. The van der Waals surface area contributed by atoms with E-state index >= 15 is 0 Å². The molecule has 0 bridgehead atoms. The predicted molar refractivity (Wildman–Crippen MR) is 119 cm³/mol. The first-order valence-electron chi connectivity index (χ1n) is 8.94. The van der Waals surface area contributed by atoms with Crippen LogP contribution in [0.25, 0.3) is 0 Å². The van der Waals surface area contributed by atoms with Crippen LogP contribution < -0.4 is 10.6 Å². The van der Waals surface area contributed by atoms with Crippen LogP contribution >= 0.6 is 35.0 Å². The molecule has 1 aromatic heterocycles. The maximum atomic E-state index is 12.2. The van der Waals surface area contributed by atoms with Crippen LogP contribution in [0.4, 0.5) is 5.69 Å². The lowest BCUT2D eigenvalue weighted by Gasteiger charge is -2.08. The highest BCUT2D eigenvalue weighted by molar-refractivity contribution is 7.99. The molecular weight excluding hydrogens is 445 g/mol. The third kappa shape index (κ3) is 5.75. The number of amides is 2. The fourth-order valence-electron chi connectivity index (χ4n) is 2.50. The minimum atomic E-state index is -0.235. The Bertz CT molecular complexity index is 1070. The average Bonchev–Trinajstić information content (AvgIpc) is 3.07. The van der Waals surface area contributed by atoms with Gasteiger partial charge in [-0.15, -0.1) is 10.2 Å². The van der Waals surface area contributed by atoms with Crippen molar-refractivity contribution in [2.75, 3.05) is 11.1 Å². The summed E-state index contributed by atoms with van der Waals surface area (Å²) in [6.07, 6.45) is 0. The number of benzene rings is 2. The second-order valence-corrected chi connectivity index (χ2v) is 8.25. The standard InChI is InChI=1S/C20H19Cl2N5O2S/c1-12-3-5-13(6-4-12)19(29)23-10-17-25-26-20(27(17)2)30-11-18(28)24-16-8-7-14(21)9-15(16)22/h3-9H,10-11H2,1-2H3,(H,23,29)(H,24,28). The molecule has 0 saturated heterocycles. The number of nitrogens with one attached hydrogen (secondary N) is 2. The summed E-state index contributed by atoms with van der Waals surface area (Å²) < 4.78 is 1.74. The summed E-state index contributed by atoms with van der Waals surface area (Å²) in [6.45, 7) is 2.19. The molecule has 0 aliphatic rings. The van der Waals surface area contributed by atoms with Gasteiger partial charge in [-0.3, -0.25) is 9.59 Å². The first-order valence-corrected chi connectivity index (χ1v) is 10.7. The molecule has 0 saturated carbocycles. The van der Waals surface area contributed by atoms with E-state index in [9.17, 15) is 9.59 Å². The maximum Gasteiger partial charge on any atom is 0.251 e. The molecule has 2 aromatic carbocycles. The number of hydrogen-bond acceptors (Lipinski definition) is 5. The lowest BCUT2D eigenvalue weighted by molar-refractivity contribution is -0.113. The van der Waals surface area contributed by atoms with Crippen LogP contribution in [0.1, 0.15) is 21.7 Å². The number of carbonyl (C=O) groups excluding carboxylic acids is 2. The van der Waals surface area contributed by atoms with Crippen LogP contribution in [0.3, 0.4) is 0 Å². The fraction of sp³-hybridized carbons (Fsp3) is 0.200. The summed E-state index contributed by atoms with van der Waals surface area (Å²) in [5.74, 6) is 0.285. The largest absolute Gasteiger partial charge is 0.345 e. The molecule has 0 fully saturated rings. The Morgan fingerprint density at radius 2 is 1.83 bits per heavy atom. The first kappa shape index (κ1) is 22.1. The summed E-state index contributed by atoms with van der Waals surface area (Å²) >= 11 is 13.2. The van der Waals surface area contributed by atoms with E-state index in [0.29, 0.717) is 32.3 Å². The Balaban J connectivity index is 1.52. The summed E-state index contributed by atoms with van der Waals surface area (Å²) in [7, 11) is 1.78. The molecular formula is C20H19Cl2N5O2S. The number of hydrogen-bond donors (Lipinski definition) is 2. The summed E-state index contributed by atoms with van der Waals surface area (Å²) in [5, 5.41) is 15.2. The smallest absolute Gasteiger partial charge is 0.251 e. The number of aromatic nitrogens is 3. The van der Waals surface area contributed by atoms with Gasteiger partial charge in [-0.1, -0.05) is 52.7 Å². The van der Waals surface area contributed by atoms with Gasteiger partial charge in [-0.05, 0) is 37.3 Å². The topological polar surface area (TPSA) is 88.9 Å². The Kier molecular flexibility index (Phi) is 7.36. The van der Waals surface area contributed by atoms with Crippen molar-refractivity contribution < 1.29 is 9.59 Å². The number of halogens is 2. The van der Waals surface area contributed by atoms with Crippen LogP contribution in [0.5, 0.6) is 0 Å². The van der Waals surface area contributed by atoms with Gasteiger partial charge in [-0.2, -0.15) is 0 Å². The highest BCUT2D eigenvalue weighted by Crippen LogP contribution is 2.26. The van der Waals surface area contributed by atoms with Crippen molar-refractivity contribution in [3.63, 3.8) is 0 Å². The molecule has 0 aliphatic carbocycles. The molecule has 2 N–H and O–H groups in total. The van der Waals surface area contributed by atoms with E-state index in [1.54, 1.807) is 41.9 Å². The monoisotopic (exact) mass is 463 g/mol. The molecule has 3 rings (SSSR count). The van der Waals surface area contributed by atoms with E-state index in [1.807, 2.05) is 19.1 Å². The molecule has 30 heavy (non-hydrogen) atoms. The van der Waals surface area contributed by atoms with Crippen LogP contribution in [0, 0.1) is 6.92 Å². The van der Waals surface area contributed by atoms with E-state index in [-0.39, 0.29) is 24.1 Å². The van der Waals surface area contributed by atoms with E-state index in [4.69, 9.17) is 23.2 Å². The number of anilines is 1.